The van der Waals surface area contributed by atoms with E-state index in [4.69, 9.17) is 5.11 Å². The lowest BCUT2D eigenvalue weighted by Gasteiger charge is -2.02. The molecule has 0 bridgehead atoms. The number of fused-ring (bicyclic) bond motifs is 1. The zero-order chi connectivity index (χ0) is 13.6. The molecule has 3 rings (SSSR count). The van der Waals surface area contributed by atoms with Crippen molar-refractivity contribution in [3.8, 4) is 11.3 Å². The highest BCUT2D eigenvalue weighted by Crippen LogP contribution is 2.31. The number of thiazole rings is 1. The van der Waals surface area contributed by atoms with Gasteiger partial charge in [-0.15, -0.1) is 11.3 Å². The van der Waals surface area contributed by atoms with E-state index in [0.717, 1.165) is 26.5 Å². The molecule has 0 radical (unpaired) electrons. The van der Waals surface area contributed by atoms with Crippen molar-refractivity contribution in [2.24, 2.45) is 7.05 Å². The summed E-state index contributed by atoms with van der Waals surface area (Å²) in [6.07, 6.45) is 0. The van der Waals surface area contributed by atoms with Gasteiger partial charge in [-0.05, 0) is 19.1 Å². The molecule has 0 aliphatic carbocycles. The molecular weight excluding hydrogens is 262 g/mol. The van der Waals surface area contributed by atoms with Gasteiger partial charge in [0.05, 0.1) is 20.9 Å². The average Bonchev–Trinajstić information content (AvgIpc) is 2.90. The minimum Gasteiger partial charge on any atom is -0.476 e. The molecule has 3 aromatic rings. The Morgan fingerprint density at radius 2 is 2.21 bits per heavy atom. The number of hydrogen-bond acceptors (Lipinski definition) is 4. The number of aromatic nitrogens is 3. The summed E-state index contributed by atoms with van der Waals surface area (Å²) in [4.78, 5) is 15.5. The second-order valence-corrected chi connectivity index (χ2v) is 5.46. The summed E-state index contributed by atoms with van der Waals surface area (Å²) in [6.45, 7) is 1.96. The predicted molar refractivity (Wildman–Crippen MR) is 73.5 cm³/mol. The van der Waals surface area contributed by atoms with E-state index in [1.54, 1.807) is 29.1 Å². The third-order valence-corrected chi connectivity index (χ3v) is 3.84. The van der Waals surface area contributed by atoms with Crippen LogP contribution in [-0.2, 0) is 7.05 Å². The molecule has 1 N–H and O–H groups in total. The summed E-state index contributed by atoms with van der Waals surface area (Å²) >= 11 is 1.62. The van der Waals surface area contributed by atoms with Gasteiger partial charge in [-0.2, -0.15) is 5.10 Å². The van der Waals surface area contributed by atoms with Gasteiger partial charge in [-0.25, -0.2) is 9.78 Å². The number of benzene rings is 1. The molecule has 0 aliphatic rings. The van der Waals surface area contributed by atoms with Crippen LogP contribution in [0.3, 0.4) is 0 Å². The number of aryl methyl sites for hydroxylation is 2. The third kappa shape index (κ3) is 1.90. The standard InChI is InChI=1S/C13H11N3O2S/c1-7-14-12-8(4-3-5-11(12)19-7)10-6-9(13(17)18)15-16(10)2/h3-6H,1-2H3,(H,17,18). The van der Waals surface area contributed by atoms with E-state index in [9.17, 15) is 4.79 Å². The van der Waals surface area contributed by atoms with Crippen LogP contribution in [0.15, 0.2) is 24.3 Å². The van der Waals surface area contributed by atoms with Gasteiger partial charge < -0.3 is 5.11 Å². The Kier molecular flexibility index (Phi) is 2.60. The Bertz CT molecular complexity index is 788. The maximum atomic E-state index is 11.0. The van der Waals surface area contributed by atoms with E-state index in [1.807, 2.05) is 25.1 Å². The fourth-order valence-electron chi connectivity index (χ4n) is 2.09. The molecule has 0 unspecified atom stereocenters. The molecule has 0 saturated carbocycles. The maximum Gasteiger partial charge on any atom is 0.356 e. The predicted octanol–water partition coefficient (Wildman–Crippen LogP) is 2.70. The summed E-state index contributed by atoms with van der Waals surface area (Å²) in [6, 6.07) is 7.47. The minimum absolute atomic E-state index is 0.0430. The van der Waals surface area contributed by atoms with Crippen molar-refractivity contribution >= 4 is 27.5 Å². The zero-order valence-electron chi connectivity index (χ0n) is 10.4. The lowest BCUT2D eigenvalue weighted by atomic mass is 10.1. The Balaban J connectivity index is 2.26. The number of hydrogen-bond donors (Lipinski definition) is 1. The van der Waals surface area contributed by atoms with Crippen molar-refractivity contribution in [1.82, 2.24) is 14.8 Å². The highest BCUT2D eigenvalue weighted by atomic mass is 32.1. The summed E-state index contributed by atoms with van der Waals surface area (Å²) in [5.74, 6) is -1.02. The van der Waals surface area contributed by atoms with E-state index in [1.165, 1.54) is 0 Å². The van der Waals surface area contributed by atoms with E-state index in [-0.39, 0.29) is 5.69 Å². The molecule has 1 aromatic carbocycles. The van der Waals surface area contributed by atoms with Crippen molar-refractivity contribution < 1.29 is 9.90 Å². The number of carbonyl (C=O) groups is 1. The fraction of sp³-hybridized carbons (Fsp3) is 0.154. The van der Waals surface area contributed by atoms with Gasteiger partial charge in [-0.1, -0.05) is 12.1 Å². The van der Waals surface area contributed by atoms with Gasteiger partial charge in [0.15, 0.2) is 5.69 Å². The van der Waals surface area contributed by atoms with Crippen LogP contribution in [0.1, 0.15) is 15.5 Å². The molecule has 2 aromatic heterocycles. The molecule has 0 spiro atoms. The van der Waals surface area contributed by atoms with Gasteiger partial charge in [-0.3, -0.25) is 4.68 Å². The number of carboxylic acids is 1. The second-order valence-electron chi connectivity index (χ2n) is 4.23. The van der Waals surface area contributed by atoms with Crippen molar-refractivity contribution in [2.45, 2.75) is 6.92 Å². The second kappa shape index (κ2) is 4.17. The van der Waals surface area contributed by atoms with Crippen LogP contribution in [0.2, 0.25) is 0 Å². The molecule has 0 saturated heterocycles. The monoisotopic (exact) mass is 273 g/mol. The highest BCUT2D eigenvalue weighted by Gasteiger charge is 2.15. The zero-order valence-corrected chi connectivity index (χ0v) is 11.2. The van der Waals surface area contributed by atoms with Crippen LogP contribution in [-0.4, -0.2) is 25.8 Å². The topological polar surface area (TPSA) is 68.0 Å². The highest BCUT2D eigenvalue weighted by molar-refractivity contribution is 7.18. The molecule has 6 heteroatoms. The van der Waals surface area contributed by atoms with Gasteiger partial charge >= 0.3 is 5.97 Å². The molecule has 96 valence electrons. The smallest absolute Gasteiger partial charge is 0.356 e. The Hall–Kier alpha value is -2.21. The van der Waals surface area contributed by atoms with Crippen molar-refractivity contribution in [3.63, 3.8) is 0 Å². The van der Waals surface area contributed by atoms with E-state index in [0.29, 0.717) is 0 Å². The number of aromatic carboxylic acids is 1. The first-order valence-electron chi connectivity index (χ1n) is 5.70. The first-order valence-corrected chi connectivity index (χ1v) is 6.52. The summed E-state index contributed by atoms with van der Waals surface area (Å²) in [5.41, 5.74) is 2.60. The van der Waals surface area contributed by atoms with Crippen LogP contribution in [0.25, 0.3) is 21.5 Å². The SMILES string of the molecule is Cc1nc2c(-c3cc(C(=O)O)nn3C)cccc2s1. The number of para-hydroxylation sites is 1. The van der Waals surface area contributed by atoms with Crippen LogP contribution in [0, 0.1) is 6.92 Å². The van der Waals surface area contributed by atoms with Crippen molar-refractivity contribution in [3.05, 3.63) is 35.0 Å². The molecule has 5 nitrogen and oxygen atoms in total. The Morgan fingerprint density at radius 1 is 1.42 bits per heavy atom. The van der Waals surface area contributed by atoms with Crippen molar-refractivity contribution in [1.29, 1.82) is 0 Å². The third-order valence-electron chi connectivity index (χ3n) is 2.90. The molecule has 19 heavy (non-hydrogen) atoms. The quantitative estimate of drug-likeness (QED) is 0.779. The summed E-state index contributed by atoms with van der Waals surface area (Å²) in [5, 5.41) is 14.0. The molecule has 0 fully saturated rings. The maximum absolute atomic E-state index is 11.0. The molecule has 2 heterocycles. The van der Waals surface area contributed by atoms with Gasteiger partial charge in [0.1, 0.15) is 0 Å². The fourth-order valence-corrected chi connectivity index (χ4v) is 2.94. The number of carboxylic acid groups (broad SMARTS) is 1. The average molecular weight is 273 g/mol. The molecular formula is C13H11N3O2S. The van der Waals surface area contributed by atoms with Gasteiger partial charge in [0.2, 0.25) is 0 Å². The summed E-state index contributed by atoms with van der Waals surface area (Å²) < 4.78 is 2.67. The number of nitrogens with zero attached hydrogens (tertiary/aromatic N) is 3. The largest absolute Gasteiger partial charge is 0.476 e. The van der Waals surface area contributed by atoms with Gasteiger partial charge in [0.25, 0.3) is 0 Å². The Morgan fingerprint density at radius 3 is 2.89 bits per heavy atom. The van der Waals surface area contributed by atoms with Gasteiger partial charge in [0, 0.05) is 12.6 Å². The van der Waals surface area contributed by atoms with E-state index < -0.39 is 5.97 Å². The van der Waals surface area contributed by atoms with E-state index in [2.05, 4.69) is 10.1 Å². The Labute approximate surface area is 113 Å². The number of rotatable bonds is 2. The van der Waals surface area contributed by atoms with E-state index >= 15 is 0 Å². The first kappa shape index (κ1) is 11.9. The molecule has 0 amide bonds. The lowest BCUT2D eigenvalue weighted by Crippen LogP contribution is -1.99. The van der Waals surface area contributed by atoms with Crippen LogP contribution >= 0.6 is 11.3 Å². The van der Waals surface area contributed by atoms with Crippen molar-refractivity contribution in [2.75, 3.05) is 0 Å². The normalized spacial score (nSPS) is 11.1. The molecule has 0 aliphatic heterocycles. The van der Waals surface area contributed by atoms with Crippen LogP contribution in [0.4, 0.5) is 0 Å². The minimum atomic E-state index is -1.02. The van der Waals surface area contributed by atoms with Crippen LogP contribution in [0.5, 0.6) is 0 Å². The van der Waals surface area contributed by atoms with Crippen LogP contribution < -0.4 is 0 Å². The summed E-state index contributed by atoms with van der Waals surface area (Å²) in [7, 11) is 1.74. The lowest BCUT2D eigenvalue weighted by molar-refractivity contribution is 0.0689. The molecule has 0 atom stereocenters. The first-order chi connectivity index (χ1) is 9.06.